The van der Waals surface area contributed by atoms with Crippen LogP contribution in [0, 0.1) is 0 Å². The van der Waals surface area contributed by atoms with Crippen molar-refractivity contribution in [3.63, 3.8) is 0 Å². The molecule has 1 heterocycles. The number of aryl methyl sites for hydroxylation is 1. The Kier molecular flexibility index (Phi) is 5.67. The van der Waals surface area contributed by atoms with Crippen molar-refractivity contribution in [3.8, 4) is 11.3 Å². The van der Waals surface area contributed by atoms with Crippen LogP contribution in [0.25, 0.3) is 32.9 Å². The molecule has 0 unspecified atom stereocenters. The Morgan fingerprint density at radius 1 is 0.812 bits per heavy atom. The van der Waals surface area contributed by atoms with Gasteiger partial charge in [0, 0.05) is 16.5 Å². The predicted octanol–water partition coefficient (Wildman–Crippen LogP) is 7.31. The van der Waals surface area contributed by atoms with Gasteiger partial charge in [0.2, 0.25) is 0 Å². The van der Waals surface area contributed by atoms with Gasteiger partial charge < -0.3 is 10.7 Å². The number of unbranched alkanes of at least 4 members (excludes halogenated alkanes) is 1. The summed E-state index contributed by atoms with van der Waals surface area (Å²) in [7, 11) is 0. The van der Waals surface area contributed by atoms with E-state index in [1.807, 2.05) is 30.3 Å². The fourth-order valence-electron chi connectivity index (χ4n) is 4.16. The lowest BCUT2D eigenvalue weighted by Crippen LogP contribution is -2.11. The molecule has 3 aromatic carbocycles. The van der Waals surface area contributed by atoms with Crippen molar-refractivity contribution in [1.82, 2.24) is 4.98 Å². The first-order valence-corrected chi connectivity index (χ1v) is 10.1. The molecule has 0 radical (unpaired) electrons. The number of benzene rings is 3. The van der Waals surface area contributed by atoms with E-state index in [0.717, 1.165) is 16.8 Å². The molecule has 0 aliphatic carbocycles. The molecule has 8 heteroatoms. The Labute approximate surface area is 180 Å². The summed E-state index contributed by atoms with van der Waals surface area (Å²) in [5, 5.41) is 1.46. The first-order valence-electron chi connectivity index (χ1n) is 10.1. The fourth-order valence-corrected chi connectivity index (χ4v) is 4.16. The molecule has 2 nitrogen and oxygen atoms in total. The molecule has 0 spiro atoms. The minimum atomic E-state index is -4.94. The van der Waals surface area contributed by atoms with E-state index < -0.39 is 23.5 Å². The molecule has 0 atom stereocenters. The topological polar surface area (TPSA) is 41.8 Å². The highest BCUT2D eigenvalue weighted by Gasteiger charge is 2.39. The van der Waals surface area contributed by atoms with Gasteiger partial charge in [-0.05, 0) is 54.3 Å². The third kappa shape index (κ3) is 4.07. The first-order chi connectivity index (χ1) is 15.1. The van der Waals surface area contributed by atoms with E-state index in [0.29, 0.717) is 36.2 Å². The van der Waals surface area contributed by atoms with Gasteiger partial charge in [-0.1, -0.05) is 42.5 Å². The van der Waals surface area contributed by atoms with Gasteiger partial charge in [-0.25, -0.2) is 0 Å². The van der Waals surface area contributed by atoms with E-state index in [-0.39, 0.29) is 23.4 Å². The van der Waals surface area contributed by atoms with Crippen molar-refractivity contribution in [2.24, 2.45) is 5.73 Å². The third-order valence-electron chi connectivity index (χ3n) is 5.57. The van der Waals surface area contributed by atoms with Crippen LogP contribution < -0.4 is 5.73 Å². The molecule has 32 heavy (non-hydrogen) atoms. The number of nitrogens with one attached hydrogen (secondary N) is 1. The zero-order chi connectivity index (χ0) is 23.1. The average Bonchev–Trinajstić information content (AvgIpc) is 3.10. The monoisotopic (exact) mass is 450 g/mol. The van der Waals surface area contributed by atoms with Crippen LogP contribution >= 0.6 is 0 Å². The van der Waals surface area contributed by atoms with E-state index in [2.05, 4.69) is 4.98 Å². The summed E-state index contributed by atoms with van der Waals surface area (Å²) < 4.78 is 81.9. The molecule has 0 fully saturated rings. The molecule has 4 rings (SSSR count). The normalized spacial score (nSPS) is 12.7. The average molecular weight is 450 g/mol. The van der Waals surface area contributed by atoms with Crippen LogP contribution in [0.1, 0.15) is 29.5 Å². The maximum absolute atomic E-state index is 13.9. The Morgan fingerprint density at radius 2 is 1.53 bits per heavy atom. The van der Waals surface area contributed by atoms with Gasteiger partial charge >= 0.3 is 12.4 Å². The summed E-state index contributed by atoms with van der Waals surface area (Å²) in [5.74, 6) is 0. The number of nitrogens with two attached hydrogens (primary N) is 1. The van der Waals surface area contributed by atoms with E-state index in [1.54, 1.807) is 12.1 Å². The first kappa shape index (κ1) is 22.2. The molecule has 0 amide bonds. The lowest BCUT2D eigenvalue weighted by Gasteiger charge is -2.14. The van der Waals surface area contributed by atoms with E-state index in [4.69, 9.17) is 5.73 Å². The minimum Gasteiger partial charge on any atom is -0.354 e. The molecule has 0 aliphatic heterocycles. The summed E-state index contributed by atoms with van der Waals surface area (Å²) >= 11 is 0. The second kappa shape index (κ2) is 8.16. The lowest BCUT2D eigenvalue weighted by molar-refractivity contribution is -0.142. The number of aromatic nitrogens is 1. The predicted molar refractivity (Wildman–Crippen MR) is 113 cm³/mol. The number of halogens is 6. The van der Waals surface area contributed by atoms with Crippen molar-refractivity contribution >= 4 is 21.7 Å². The van der Waals surface area contributed by atoms with Crippen molar-refractivity contribution in [2.75, 3.05) is 6.54 Å². The summed E-state index contributed by atoms with van der Waals surface area (Å²) in [6, 6.07) is 13.7. The molecule has 0 saturated heterocycles. The van der Waals surface area contributed by atoms with Crippen molar-refractivity contribution in [1.29, 1.82) is 0 Å². The van der Waals surface area contributed by atoms with Crippen molar-refractivity contribution in [3.05, 3.63) is 71.3 Å². The van der Waals surface area contributed by atoms with Gasteiger partial charge in [0.15, 0.2) is 0 Å². The molecular formula is C24H20F6N2. The SMILES string of the molecule is NCCCCc1c(-c2cccc3ccccc23)[nH]c2cc(C(F)(F)F)cc(C(F)(F)F)c12. The molecule has 3 N–H and O–H groups in total. The number of hydrogen-bond donors (Lipinski definition) is 2. The number of aromatic amines is 1. The largest absolute Gasteiger partial charge is 0.417 e. The maximum Gasteiger partial charge on any atom is 0.417 e. The van der Waals surface area contributed by atoms with Crippen LogP contribution in [0.4, 0.5) is 26.3 Å². The summed E-state index contributed by atoms with van der Waals surface area (Å²) in [6.07, 6.45) is -8.49. The quantitative estimate of drug-likeness (QED) is 0.243. The number of fused-ring (bicyclic) bond motifs is 2. The van der Waals surface area contributed by atoms with E-state index in [9.17, 15) is 26.3 Å². The van der Waals surface area contributed by atoms with E-state index in [1.165, 1.54) is 0 Å². The third-order valence-corrected chi connectivity index (χ3v) is 5.57. The number of hydrogen-bond acceptors (Lipinski definition) is 1. The highest BCUT2D eigenvalue weighted by atomic mass is 19.4. The van der Waals surface area contributed by atoms with Crippen LogP contribution in [0.5, 0.6) is 0 Å². The molecule has 1 aromatic heterocycles. The van der Waals surface area contributed by atoms with Crippen LogP contribution in [0.2, 0.25) is 0 Å². The van der Waals surface area contributed by atoms with Gasteiger partial charge in [0.1, 0.15) is 0 Å². The van der Waals surface area contributed by atoms with Gasteiger partial charge in [0.05, 0.1) is 16.8 Å². The van der Waals surface area contributed by atoms with Crippen LogP contribution in [-0.4, -0.2) is 11.5 Å². The highest BCUT2D eigenvalue weighted by Crippen LogP contribution is 2.44. The second-order valence-electron chi connectivity index (χ2n) is 7.69. The summed E-state index contributed by atoms with van der Waals surface area (Å²) in [4.78, 5) is 2.89. The fraction of sp³-hybridized carbons (Fsp3) is 0.250. The van der Waals surface area contributed by atoms with E-state index >= 15 is 0 Å². The number of alkyl halides is 6. The molecule has 4 aromatic rings. The Bertz CT molecular complexity index is 1260. The zero-order valence-electron chi connectivity index (χ0n) is 16.9. The Balaban J connectivity index is 2.07. The van der Waals surface area contributed by atoms with Crippen LogP contribution in [0.3, 0.4) is 0 Å². The van der Waals surface area contributed by atoms with Gasteiger partial charge in [-0.3, -0.25) is 0 Å². The van der Waals surface area contributed by atoms with Crippen LogP contribution in [-0.2, 0) is 18.8 Å². The highest BCUT2D eigenvalue weighted by molar-refractivity contribution is 6.01. The molecule has 0 aliphatic rings. The molecule has 168 valence electrons. The summed E-state index contributed by atoms with van der Waals surface area (Å²) in [5.41, 5.74) is 4.15. The van der Waals surface area contributed by atoms with Crippen molar-refractivity contribution < 1.29 is 26.3 Å². The smallest absolute Gasteiger partial charge is 0.354 e. The Morgan fingerprint density at radius 3 is 2.22 bits per heavy atom. The molecular weight excluding hydrogens is 430 g/mol. The molecule has 0 bridgehead atoms. The molecule has 0 saturated carbocycles. The second-order valence-corrected chi connectivity index (χ2v) is 7.69. The Hall–Kier alpha value is -3.00. The zero-order valence-corrected chi connectivity index (χ0v) is 16.9. The summed E-state index contributed by atoms with van der Waals surface area (Å²) in [6.45, 7) is 0.371. The van der Waals surface area contributed by atoms with Crippen molar-refractivity contribution in [2.45, 2.75) is 31.6 Å². The van der Waals surface area contributed by atoms with Gasteiger partial charge in [-0.15, -0.1) is 0 Å². The standard InChI is InChI=1S/C24H20F6N2/c25-23(26,27)15-12-19(24(28,29)30)21-18(9-3-4-11-31)22(32-20(21)13-15)17-10-5-7-14-6-1-2-8-16(14)17/h1-2,5-8,10,12-13,32H,3-4,9,11,31H2. The lowest BCUT2D eigenvalue weighted by atomic mass is 9.94. The van der Waals surface area contributed by atoms with Gasteiger partial charge in [0.25, 0.3) is 0 Å². The number of rotatable bonds is 5. The minimum absolute atomic E-state index is 0.183. The van der Waals surface area contributed by atoms with Gasteiger partial charge in [-0.2, -0.15) is 26.3 Å². The maximum atomic E-state index is 13.9. The van der Waals surface area contributed by atoms with Crippen LogP contribution in [0.15, 0.2) is 54.6 Å². The number of H-pyrrole nitrogens is 1.